The molecule has 0 bridgehead atoms. The number of hydrogen-bond acceptors (Lipinski definition) is 5. The molecule has 3 fully saturated rings. The zero-order valence-corrected chi connectivity index (χ0v) is 14.9. The summed E-state index contributed by atoms with van der Waals surface area (Å²) < 4.78 is 0. The summed E-state index contributed by atoms with van der Waals surface area (Å²) in [6.07, 6.45) is 2.53. The van der Waals surface area contributed by atoms with Gasteiger partial charge in [0.1, 0.15) is 6.04 Å². The number of fused-ring (bicyclic) bond motifs is 1. The van der Waals surface area contributed by atoms with Crippen LogP contribution in [-0.4, -0.2) is 55.0 Å². The van der Waals surface area contributed by atoms with Gasteiger partial charge < -0.3 is 15.5 Å². The Morgan fingerprint density at radius 1 is 1.27 bits per heavy atom. The van der Waals surface area contributed by atoms with E-state index in [0.717, 1.165) is 38.0 Å². The van der Waals surface area contributed by atoms with E-state index in [2.05, 4.69) is 21.5 Å². The molecular weight excluding hydrogens is 330 g/mol. The fourth-order valence-electron chi connectivity index (χ4n) is 4.27. The van der Waals surface area contributed by atoms with Crippen LogP contribution in [0.1, 0.15) is 30.9 Å². The molecule has 2 amide bonds. The number of rotatable bonds is 5. The zero-order valence-electron chi connectivity index (χ0n) is 14.9. The van der Waals surface area contributed by atoms with Gasteiger partial charge in [-0.1, -0.05) is 30.3 Å². The molecule has 0 aromatic heterocycles. The molecule has 1 aromatic rings. The van der Waals surface area contributed by atoms with Crippen LogP contribution in [0.15, 0.2) is 30.3 Å². The molecule has 140 valence electrons. The molecular formula is C19H27N5O2. The quantitative estimate of drug-likeness (QED) is 0.592. The molecule has 4 rings (SSSR count). The van der Waals surface area contributed by atoms with Crippen LogP contribution < -0.4 is 21.5 Å². The van der Waals surface area contributed by atoms with Crippen molar-refractivity contribution >= 4 is 11.8 Å². The third-order valence-corrected chi connectivity index (χ3v) is 5.76. The van der Waals surface area contributed by atoms with Crippen molar-refractivity contribution in [2.45, 2.75) is 37.4 Å². The van der Waals surface area contributed by atoms with Crippen LogP contribution in [0.25, 0.3) is 0 Å². The first-order valence-electron chi connectivity index (χ1n) is 9.57. The molecule has 0 radical (unpaired) electrons. The number of piperidine rings is 1. The average Bonchev–Trinajstić information content (AvgIpc) is 3.28. The van der Waals surface area contributed by atoms with E-state index in [9.17, 15) is 9.59 Å². The molecule has 0 aliphatic carbocycles. The van der Waals surface area contributed by atoms with Gasteiger partial charge in [0.2, 0.25) is 11.8 Å². The maximum Gasteiger partial charge on any atom is 0.239 e. The highest BCUT2D eigenvalue weighted by Crippen LogP contribution is 2.23. The maximum atomic E-state index is 13.0. The number of nitrogens with zero attached hydrogens (tertiary/aromatic N) is 1. The average molecular weight is 357 g/mol. The Kier molecular flexibility index (Phi) is 5.19. The van der Waals surface area contributed by atoms with Gasteiger partial charge in [-0.3, -0.25) is 15.0 Å². The standard InChI is InChI=1S/C19H27N5O2/c25-17-7-4-10-24(17)12-16(13-5-2-1-3-6-13)21-19(26)18-14-11-20-9-8-15(14)22-23-18/h1-3,5-6,14-16,18,20,22-23H,4,7-12H2,(H,21,26). The lowest BCUT2D eigenvalue weighted by atomic mass is 9.89. The molecule has 4 atom stereocenters. The van der Waals surface area contributed by atoms with Crippen molar-refractivity contribution in [3.63, 3.8) is 0 Å². The number of carbonyl (C=O) groups is 2. The Bertz CT molecular complexity index is 653. The highest BCUT2D eigenvalue weighted by atomic mass is 16.2. The second kappa shape index (κ2) is 7.73. The Balaban J connectivity index is 1.47. The predicted octanol–water partition coefficient (Wildman–Crippen LogP) is -0.0792. The highest BCUT2D eigenvalue weighted by Gasteiger charge is 2.41. The van der Waals surface area contributed by atoms with E-state index in [1.165, 1.54) is 0 Å². The molecule has 0 saturated carbocycles. The maximum absolute atomic E-state index is 13.0. The zero-order chi connectivity index (χ0) is 17.9. The lowest BCUT2D eigenvalue weighted by Gasteiger charge is -2.30. The monoisotopic (exact) mass is 357 g/mol. The summed E-state index contributed by atoms with van der Waals surface area (Å²) >= 11 is 0. The minimum Gasteiger partial charge on any atom is -0.346 e. The van der Waals surface area contributed by atoms with Crippen LogP contribution >= 0.6 is 0 Å². The lowest BCUT2D eigenvalue weighted by molar-refractivity contribution is -0.129. The molecule has 7 heteroatoms. The molecule has 3 heterocycles. The summed E-state index contributed by atoms with van der Waals surface area (Å²) in [7, 11) is 0. The molecule has 4 N–H and O–H groups in total. The first-order chi connectivity index (χ1) is 12.7. The van der Waals surface area contributed by atoms with Crippen LogP contribution in [0.5, 0.6) is 0 Å². The number of hydrazine groups is 1. The normalized spacial score (nSPS) is 29.5. The van der Waals surface area contributed by atoms with Crippen LogP contribution in [0.2, 0.25) is 0 Å². The topological polar surface area (TPSA) is 85.5 Å². The fourth-order valence-corrected chi connectivity index (χ4v) is 4.27. The fraction of sp³-hybridized carbons (Fsp3) is 0.579. The summed E-state index contributed by atoms with van der Waals surface area (Å²) in [5, 5.41) is 6.57. The van der Waals surface area contributed by atoms with E-state index in [0.29, 0.717) is 19.0 Å². The first-order valence-corrected chi connectivity index (χ1v) is 9.57. The lowest BCUT2D eigenvalue weighted by Crippen LogP contribution is -2.51. The van der Waals surface area contributed by atoms with Gasteiger partial charge in [0.05, 0.1) is 6.04 Å². The van der Waals surface area contributed by atoms with Crippen LogP contribution in [0, 0.1) is 5.92 Å². The number of carbonyl (C=O) groups excluding carboxylic acids is 2. The van der Waals surface area contributed by atoms with Crippen molar-refractivity contribution < 1.29 is 9.59 Å². The predicted molar refractivity (Wildman–Crippen MR) is 98.0 cm³/mol. The van der Waals surface area contributed by atoms with Gasteiger partial charge in [0.15, 0.2) is 0 Å². The van der Waals surface area contributed by atoms with Crippen molar-refractivity contribution in [3.8, 4) is 0 Å². The molecule has 3 saturated heterocycles. The first kappa shape index (κ1) is 17.5. The van der Waals surface area contributed by atoms with Gasteiger partial charge in [0.25, 0.3) is 0 Å². The summed E-state index contributed by atoms with van der Waals surface area (Å²) in [5.74, 6) is 0.417. The number of benzene rings is 1. The van der Waals surface area contributed by atoms with E-state index >= 15 is 0 Å². The molecule has 3 aliphatic rings. The van der Waals surface area contributed by atoms with Crippen molar-refractivity contribution in [3.05, 3.63) is 35.9 Å². The molecule has 0 spiro atoms. The summed E-state index contributed by atoms with van der Waals surface area (Å²) in [4.78, 5) is 26.9. The SMILES string of the molecule is O=C(NC(CN1CCCC1=O)c1ccccc1)C1NNC2CCNCC21. The Labute approximate surface area is 153 Å². The summed E-state index contributed by atoms with van der Waals surface area (Å²) in [6, 6.07) is 9.81. The van der Waals surface area contributed by atoms with Crippen molar-refractivity contribution in [1.82, 2.24) is 26.4 Å². The Hall–Kier alpha value is -1.96. The number of hydrogen-bond donors (Lipinski definition) is 4. The Morgan fingerprint density at radius 2 is 2.12 bits per heavy atom. The largest absolute Gasteiger partial charge is 0.346 e. The van der Waals surface area contributed by atoms with Crippen molar-refractivity contribution in [2.24, 2.45) is 5.92 Å². The second-order valence-corrected chi connectivity index (χ2v) is 7.44. The molecule has 7 nitrogen and oxygen atoms in total. The third kappa shape index (κ3) is 3.60. The van der Waals surface area contributed by atoms with E-state index in [4.69, 9.17) is 0 Å². The van der Waals surface area contributed by atoms with E-state index in [-0.39, 0.29) is 29.8 Å². The van der Waals surface area contributed by atoms with E-state index < -0.39 is 0 Å². The van der Waals surface area contributed by atoms with Gasteiger partial charge in [-0.25, -0.2) is 5.43 Å². The number of amides is 2. The summed E-state index contributed by atoms with van der Waals surface area (Å²) in [5.41, 5.74) is 7.47. The van der Waals surface area contributed by atoms with Gasteiger partial charge in [-0.2, -0.15) is 0 Å². The minimum absolute atomic E-state index is 0.00537. The van der Waals surface area contributed by atoms with Crippen molar-refractivity contribution in [2.75, 3.05) is 26.2 Å². The van der Waals surface area contributed by atoms with E-state index in [1.54, 1.807) is 0 Å². The van der Waals surface area contributed by atoms with Gasteiger partial charge in [0, 0.05) is 38.0 Å². The van der Waals surface area contributed by atoms with Gasteiger partial charge >= 0.3 is 0 Å². The summed E-state index contributed by atoms with van der Waals surface area (Å²) in [6.45, 7) is 3.12. The van der Waals surface area contributed by atoms with Crippen molar-refractivity contribution in [1.29, 1.82) is 0 Å². The smallest absolute Gasteiger partial charge is 0.239 e. The van der Waals surface area contributed by atoms with Crippen LogP contribution in [0.4, 0.5) is 0 Å². The minimum atomic E-state index is -0.256. The molecule has 1 aromatic carbocycles. The number of likely N-dealkylation sites (tertiary alicyclic amines) is 1. The third-order valence-electron chi connectivity index (χ3n) is 5.76. The highest BCUT2D eigenvalue weighted by molar-refractivity contribution is 5.83. The van der Waals surface area contributed by atoms with Gasteiger partial charge in [-0.15, -0.1) is 0 Å². The van der Waals surface area contributed by atoms with E-state index in [1.807, 2.05) is 35.2 Å². The molecule has 3 aliphatic heterocycles. The second-order valence-electron chi connectivity index (χ2n) is 7.44. The van der Waals surface area contributed by atoms with Crippen LogP contribution in [0.3, 0.4) is 0 Å². The molecule has 4 unspecified atom stereocenters. The van der Waals surface area contributed by atoms with Crippen LogP contribution in [-0.2, 0) is 9.59 Å². The molecule has 26 heavy (non-hydrogen) atoms. The Morgan fingerprint density at radius 3 is 2.88 bits per heavy atom. The van der Waals surface area contributed by atoms with Gasteiger partial charge in [-0.05, 0) is 24.9 Å². The number of nitrogens with one attached hydrogen (secondary N) is 4.